The smallest absolute Gasteiger partial charge is 0.407 e. The molecule has 0 unspecified atom stereocenters. The maximum absolute atomic E-state index is 13.8. The second-order valence-corrected chi connectivity index (χ2v) is 17.6. The molecule has 61 heavy (non-hydrogen) atoms. The van der Waals surface area contributed by atoms with Gasteiger partial charge in [0.15, 0.2) is 0 Å². The Kier molecular flexibility index (Phi) is 11.9. The first-order valence-corrected chi connectivity index (χ1v) is 21.7. The number of H-pyrrole nitrogens is 2. The highest BCUT2D eigenvalue weighted by molar-refractivity contribution is 6.30. The van der Waals surface area contributed by atoms with Crippen molar-refractivity contribution in [1.29, 1.82) is 0 Å². The van der Waals surface area contributed by atoms with Crippen LogP contribution >= 0.6 is 11.6 Å². The fourth-order valence-corrected chi connectivity index (χ4v) is 9.72. The summed E-state index contributed by atoms with van der Waals surface area (Å²) in [5.74, 6) is 0.711. The van der Waals surface area contributed by atoms with Crippen molar-refractivity contribution in [3.63, 3.8) is 0 Å². The number of ether oxygens (including phenoxy) is 1. The van der Waals surface area contributed by atoms with E-state index < -0.39 is 24.3 Å². The summed E-state index contributed by atoms with van der Waals surface area (Å²) in [5.41, 5.74) is 6.70. The SMILES string of the molecule is COC(=O)N[C@H](C(=O)N1CCC[C@H]1c1nc2ccc([C@H]3CC[C@H](c4ccc5nc([C@@H]6CCCN6C(=O)[C@@H](NC(=O)O)C(C)C)[nH]c5c4)N3c3ccc(Cl)cc3)cc2[nH]1)C(C)C. The number of fused-ring (bicyclic) bond motifs is 2. The van der Waals surface area contributed by atoms with E-state index in [0.29, 0.717) is 23.9 Å². The van der Waals surface area contributed by atoms with Crippen molar-refractivity contribution in [2.75, 3.05) is 25.1 Å². The number of hydrogen-bond acceptors (Lipinski definition) is 8. The number of likely N-dealkylation sites (tertiary alicyclic amines) is 2. The second-order valence-electron chi connectivity index (χ2n) is 17.2. The minimum absolute atomic E-state index is 0.0272. The molecule has 3 aliphatic rings. The van der Waals surface area contributed by atoms with Crippen molar-refractivity contribution in [3.8, 4) is 0 Å². The van der Waals surface area contributed by atoms with Gasteiger partial charge in [0, 0.05) is 23.8 Å². The summed E-state index contributed by atoms with van der Waals surface area (Å²) < 4.78 is 4.81. The molecule has 0 spiro atoms. The van der Waals surface area contributed by atoms with Crippen LogP contribution in [-0.4, -0.2) is 91.1 Å². The number of carbonyl (C=O) groups excluding carboxylic acids is 3. The summed E-state index contributed by atoms with van der Waals surface area (Å²) in [6.07, 6.45) is 3.06. The number of carboxylic acid groups (broad SMARTS) is 1. The number of alkyl carbamates (subject to hydrolysis) is 1. The quantitative estimate of drug-likeness (QED) is 0.0873. The number of aromatic nitrogens is 4. The number of anilines is 1. The number of rotatable bonds is 11. The minimum Gasteiger partial charge on any atom is -0.465 e. The van der Waals surface area contributed by atoms with Crippen LogP contribution in [0.1, 0.15) is 113 Å². The molecule has 0 saturated carbocycles. The molecule has 4 amide bonds. The molecule has 8 rings (SSSR count). The van der Waals surface area contributed by atoms with E-state index in [9.17, 15) is 24.3 Å². The van der Waals surface area contributed by atoms with Crippen molar-refractivity contribution < 1.29 is 29.0 Å². The number of methoxy groups -OCH3 is 1. The zero-order chi connectivity index (χ0) is 43.1. The van der Waals surface area contributed by atoms with Gasteiger partial charge in [0.1, 0.15) is 23.7 Å². The molecule has 6 atom stereocenters. The van der Waals surface area contributed by atoms with Gasteiger partial charge in [0.2, 0.25) is 11.8 Å². The molecule has 15 nitrogen and oxygen atoms in total. The largest absolute Gasteiger partial charge is 0.465 e. The predicted molar refractivity (Wildman–Crippen MR) is 232 cm³/mol. The van der Waals surface area contributed by atoms with Gasteiger partial charge in [0.25, 0.3) is 0 Å². The standard InChI is InChI=1S/C45H54ClN9O6/c1-24(2)38(51-44(58)59)42(56)53-20-6-8-36(53)40-47-30-16-10-26(22-32(30)49-40)34-18-19-35(55(34)29-14-12-28(46)13-15-29)27-11-17-31-33(23-27)50-41(48-31)37-9-7-21-54(37)43(57)39(25(3)4)52-45(60)61-5/h10-17,22-25,34-39,51H,6-9,18-21H2,1-5H3,(H,47,49)(H,48,50)(H,52,60)(H,58,59)/t34-,35-,36+,37+,38+,39+/m1/s1. The number of amides is 4. The number of benzene rings is 3. The number of aromatic amines is 2. The second kappa shape index (κ2) is 17.3. The molecule has 5 heterocycles. The van der Waals surface area contributed by atoms with Crippen LogP contribution in [0.25, 0.3) is 22.1 Å². The molecule has 5 aromatic rings. The summed E-state index contributed by atoms with van der Waals surface area (Å²) >= 11 is 6.40. The third-order valence-corrected chi connectivity index (χ3v) is 12.9. The highest BCUT2D eigenvalue weighted by Crippen LogP contribution is 2.48. The number of imidazole rings is 2. The van der Waals surface area contributed by atoms with Gasteiger partial charge in [-0.3, -0.25) is 9.59 Å². The van der Waals surface area contributed by atoms with E-state index >= 15 is 0 Å². The van der Waals surface area contributed by atoms with Crippen LogP contribution in [-0.2, 0) is 14.3 Å². The molecule has 0 bridgehead atoms. The molecule has 16 heteroatoms. The van der Waals surface area contributed by atoms with Crippen LogP contribution in [0.3, 0.4) is 0 Å². The lowest BCUT2D eigenvalue weighted by molar-refractivity contribution is -0.136. The molecule has 3 fully saturated rings. The predicted octanol–water partition coefficient (Wildman–Crippen LogP) is 8.18. The van der Waals surface area contributed by atoms with Crippen molar-refractivity contribution in [3.05, 3.63) is 88.5 Å². The minimum atomic E-state index is -1.22. The maximum Gasteiger partial charge on any atom is 0.407 e. The van der Waals surface area contributed by atoms with Gasteiger partial charge in [-0.05, 0) is 110 Å². The Bertz CT molecular complexity index is 2430. The van der Waals surface area contributed by atoms with E-state index in [2.05, 4.69) is 61.9 Å². The van der Waals surface area contributed by atoms with Gasteiger partial charge in [-0.2, -0.15) is 0 Å². The molecule has 3 aliphatic heterocycles. The first-order chi connectivity index (χ1) is 29.3. The first kappa shape index (κ1) is 41.9. The Balaban J connectivity index is 1.06. The first-order valence-electron chi connectivity index (χ1n) is 21.3. The van der Waals surface area contributed by atoms with Crippen molar-refractivity contribution in [2.45, 2.75) is 102 Å². The Labute approximate surface area is 359 Å². The van der Waals surface area contributed by atoms with Gasteiger partial charge in [-0.15, -0.1) is 0 Å². The summed E-state index contributed by atoms with van der Waals surface area (Å²) in [7, 11) is 1.29. The van der Waals surface area contributed by atoms with Crippen molar-refractivity contribution in [1.82, 2.24) is 40.4 Å². The topological polar surface area (TPSA) is 189 Å². The van der Waals surface area contributed by atoms with Crippen molar-refractivity contribution in [2.24, 2.45) is 11.8 Å². The van der Waals surface area contributed by atoms with Gasteiger partial charge in [-0.1, -0.05) is 51.4 Å². The molecule has 322 valence electrons. The summed E-state index contributed by atoms with van der Waals surface area (Å²) in [6, 6.07) is 18.6. The summed E-state index contributed by atoms with van der Waals surface area (Å²) in [4.78, 5) is 74.2. The van der Waals surface area contributed by atoms with Crippen LogP contribution in [0.4, 0.5) is 15.3 Å². The molecular formula is C45H54ClN9O6. The number of nitrogens with zero attached hydrogens (tertiary/aromatic N) is 5. The van der Waals surface area contributed by atoms with Crippen LogP contribution in [0.2, 0.25) is 5.02 Å². The average molecular weight is 852 g/mol. The van der Waals surface area contributed by atoms with Crippen molar-refractivity contribution >= 4 is 63.4 Å². The summed E-state index contributed by atoms with van der Waals surface area (Å²) in [5, 5.41) is 15.2. The van der Waals surface area contributed by atoms with E-state index in [4.69, 9.17) is 26.3 Å². The molecule has 0 radical (unpaired) electrons. The summed E-state index contributed by atoms with van der Waals surface area (Å²) in [6.45, 7) is 8.60. The Hall–Kier alpha value is -5.83. The van der Waals surface area contributed by atoms with Gasteiger partial charge < -0.3 is 45.1 Å². The molecule has 3 saturated heterocycles. The van der Waals surface area contributed by atoms with E-state index in [-0.39, 0.29) is 47.8 Å². The van der Waals surface area contributed by atoms with Gasteiger partial charge in [-0.25, -0.2) is 19.6 Å². The monoisotopic (exact) mass is 851 g/mol. The molecule has 2 aromatic heterocycles. The van der Waals surface area contributed by atoms with E-state index in [1.54, 1.807) is 4.90 Å². The number of carbonyl (C=O) groups is 4. The average Bonchev–Trinajstić information content (AvgIpc) is 4.09. The maximum atomic E-state index is 13.8. The third kappa shape index (κ3) is 8.31. The fraction of sp³-hybridized carbons (Fsp3) is 0.467. The normalized spacial score (nSPS) is 21.5. The number of hydrogen-bond donors (Lipinski definition) is 5. The van der Waals surface area contributed by atoms with E-state index in [1.165, 1.54) is 7.11 Å². The van der Waals surface area contributed by atoms with Crippen LogP contribution in [0, 0.1) is 11.8 Å². The molecule has 5 N–H and O–H groups in total. The molecule has 0 aliphatic carbocycles. The lowest BCUT2D eigenvalue weighted by atomic mass is 10.0. The highest BCUT2D eigenvalue weighted by Gasteiger charge is 2.40. The van der Waals surface area contributed by atoms with Crippen LogP contribution in [0.5, 0.6) is 0 Å². The number of halogens is 1. The Morgan fingerprint density at radius 1 is 0.705 bits per heavy atom. The fourth-order valence-electron chi connectivity index (χ4n) is 9.60. The lowest BCUT2D eigenvalue weighted by Crippen LogP contribution is -2.51. The zero-order valence-corrected chi connectivity index (χ0v) is 35.9. The Morgan fingerprint density at radius 2 is 1.18 bits per heavy atom. The van der Waals surface area contributed by atoms with E-state index in [1.807, 2.05) is 56.9 Å². The highest BCUT2D eigenvalue weighted by atomic mass is 35.5. The van der Waals surface area contributed by atoms with Crippen LogP contribution in [0.15, 0.2) is 60.7 Å². The molecular weight excluding hydrogens is 798 g/mol. The van der Waals surface area contributed by atoms with Gasteiger partial charge >= 0.3 is 12.2 Å². The zero-order valence-electron chi connectivity index (χ0n) is 35.2. The third-order valence-electron chi connectivity index (χ3n) is 12.6. The Morgan fingerprint density at radius 3 is 1.62 bits per heavy atom. The molecule has 3 aromatic carbocycles. The number of nitrogens with one attached hydrogen (secondary N) is 4. The van der Waals surface area contributed by atoms with Gasteiger partial charge in [0.05, 0.1) is 53.3 Å². The van der Waals surface area contributed by atoms with Crippen LogP contribution < -0.4 is 15.5 Å². The van der Waals surface area contributed by atoms with E-state index in [0.717, 1.165) is 83.2 Å². The lowest BCUT2D eigenvalue weighted by Gasteiger charge is -2.33.